The Balaban J connectivity index is 1.36. The number of urea groups is 1. The van der Waals surface area contributed by atoms with E-state index in [1.165, 1.54) is 0 Å². The van der Waals surface area contributed by atoms with Gasteiger partial charge in [-0.25, -0.2) is 4.79 Å². The minimum absolute atomic E-state index is 0.0688. The van der Waals surface area contributed by atoms with Crippen molar-refractivity contribution in [2.75, 3.05) is 13.1 Å². The lowest BCUT2D eigenvalue weighted by Gasteiger charge is -2.16. The van der Waals surface area contributed by atoms with Gasteiger partial charge in [0.25, 0.3) is 0 Å². The molecule has 0 unspecified atom stereocenters. The van der Waals surface area contributed by atoms with E-state index in [2.05, 4.69) is 15.5 Å². The third kappa shape index (κ3) is 3.40. The van der Waals surface area contributed by atoms with Gasteiger partial charge in [-0.05, 0) is 18.6 Å². The fourth-order valence-corrected chi connectivity index (χ4v) is 2.94. The largest absolute Gasteiger partial charge is 0.467 e. The monoisotopic (exact) mass is 338 g/mol. The Hall–Kier alpha value is -3.09. The normalized spacial score (nSPS) is 17.0. The van der Waals surface area contributed by atoms with Crippen molar-refractivity contribution in [1.29, 1.82) is 0 Å². The molecule has 1 fully saturated rings. The molecule has 1 atom stereocenters. The van der Waals surface area contributed by atoms with Crippen molar-refractivity contribution in [3.63, 3.8) is 0 Å². The number of carbonyl (C=O) groups is 1. The topological polar surface area (TPSA) is 84.4 Å². The first-order valence-corrected chi connectivity index (χ1v) is 8.24. The highest BCUT2D eigenvalue weighted by Gasteiger charge is 2.31. The number of amides is 2. The summed E-state index contributed by atoms with van der Waals surface area (Å²) in [4.78, 5) is 18.5. The van der Waals surface area contributed by atoms with E-state index in [0.29, 0.717) is 31.3 Å². The Morgan fingerprint density at radius 2 is 2.12 bits per heavy atom. The molecule has 25 heavy (non-hydrogen) atoms. The first-order valence-electron chi connectivity index (χ1n) is 8.24. The second kappa shape index (κ2) is 6.80. The molecule has 3 heterocycles. The van der Waals surface area contributed by atoms with Gasteiger partial charge >= 0.3 is 6.03 Å². The van der Waals surface area contributed by atoms with Crippen LogP contribution in [0.4, 0.5) is 4.79 Å². The number of carbonyl (C=O) groups excluding carboxylic acids is 1. The summed E-state index contributed by atoms with van der Waals surface area (Å²) in [6.07, 6.45) is 2.40. The van der Waals surface area contributed by atoms with Crippen LogP contribution in [-0.2, 0) is 6.54 Å². The zero-order valence-electron chi connectivity index (χ0n) is 13.6. The number of hydrogen-bond donors (Lipinski definition) is 1. The van der Waals surface area contributed by atoms with Crippen LogP contribution >= 0.6 is 0 Å². The van der Waals surface area contributed by atoms with E-state index < -0.39 is 0 Å². The zero-order valence-corrected chi connectivity index (χ0v) is 13.6. The minimum Gasteiger partial charge on any atom is -0.467 e. The summed E-state index contributed by atoms with van der Waals surface area (Å²) in [6.45, 7) is 1.61. The first-order chi connectivity index (χ1) is 12.3. The quantitative estimate of drug-likeness (QED) is 0.790. The molecule has 0 aliphatic carbocycles. The molecule has 7 nitrogen and oxygen atoms in total. The van der Waals surface area contributed by atoms with Gasteiger partial charge in [-0.1, -0.05) is 35.5 Å². The molecule has 7 heteroatoms. The summed E-state index contributed by atoms with van der Waals surface area (Å²) in [5, 5.41) is 6.91. The van der Waals surface area contributed by atoms with Crippen LogP contribution in [0.2, 0.25) is 0 Å². The Kier molecular flexibility index (Phi) is 4.20. The summed E-state index contributed by atoms with van der Waals surface area (Å²) < 4.78 is 10.6. The first kappa shape index (κ1) is 15.4. The van der Waals surface area contributed by atoms with Crippen LogP contribution in [0.3, 0.4) is 0 Å². The number of nitrogens with zero attached hydrogens (tertiary/aromatic N) is 3. The molecular weight excluding hydrogens is 320 g/mol. The summed E-state index contributed by atoms with van der Waals surface area (Å²) >= 11 is 0. The van der Waals surface area contributed by atoms with Gasteiger partial charge in [0.2, 0.25) is 11.7 Å². The van der Waals surface area contributed by atoms with Crippen LogP contribution in [0.5, 0.6) is 0 Å². The van der Waals surface area contributed by atoms with Gasteiger partial charge in [0.05, 0.1) is 18.7 Å². The van der Waals surface area contributed by atoms with Crippen molar-refractivity contribution in [1.82, 2.24) is 20.4 Å². The number of rotatable bonds is 4. The average Bonchev–Trinajstić information content (AvgIpc) is 3.41. The molecule has 2 aromatic heterocycles. The fourth-order valence-electron chi connectivity index (χ4n) is 2.94. The number of nitrogens with one attached hydrogen (secondary N) is 1. The molecule has 128 valence electrons. The zero-order chi connectivity index (χ0) is 17.1. The fraction of sp³-hybridized carbons (Fsp3) is 0.278. The van der Waals surface area contributed by atoms with Crippen LogP contribution in [0, 0.1) is 0 Å². The highest BCUT2D eigenvalue weighted by atomic mass is 16.5. The minimum atomic E-state index is -0.110. The van der Waals surface area contributed by atoms with E-state index in [0.717, 1.165) is 17.7 Å². The molecule has 1 aliphatic rings. The molecule has 1 aliphatic heterocycles. The molecule has 0 saturated carbocycles. The third-order valence-corrected chi connectivity index (χ3v) is 4.29. The Labute approximate surface area is 144 Å². The maximum atomic E-state index is 12.3. The van der Waals surface area contributed by atoms with Gasteiger partial charge in [-0.15, -0.1) is 0 Å². The van der Waals surface area contributed by atoms with Gasteiger partial charge in [-0.3, -0.25) is 0 Å². The summed E-state index contributed by atoms with van der Waals surface area (Å²) in [7, 11) is 0. The van der Waals surface area contributed by atoms with E-state index in [1.54, 1.807) is 17.2 Å². The van der Waals surface area contributed by atoms with E-state index in [9.17, 15) is 4.79 Å². The molecule has 0 spiro atoms. The standard InChI is InChI=1S/C18H18N4O3/c23-18(19-11-15-7-4-10-24-15)22-9-8-14(12-22)17-20-16(21-25-17)13-5-2-1-3-6-13/h1-7,10,14H,8-9,11-12H2,(H,19,23)/t14-/m1/s1. The van der Waals surface area contributed by atoms with Crippen LogP contribution < -0.4 is 5.32 Å². The molecule has 1 saturated heterocycles. The summed E-state index contributed by atoms with van der Waals surface area (Å²) in [6, 6.07) is 13.2. The molecule has 1 N–H and O–H groups in total. The number of furan rings is 1. The van der Waals surface area contributed by atoms with Crippen molar-refractivity contribution in [3.8, 4) is 11.4 Å². The van der Waals surface area contributed by atoms with Gasteiger partial charge in [-0.2, -0.15) is 4.98 Å². The molecule has 3 aromatic rings. The Morgan fingerprint density at radius 1 is 1.24 bits per heavy atom. The van der Waals surface area contributed by atoms with Crippen molar-refractivity contribution >= 4 is 6.03 Å². The molecule has 0 bridgehead atoms. The van der Waals surface area contributed by atoms with Crippen molar-refractivity contribution < 1.29 is 13.7 Å². The maximum Gasteiger partial charge on any atom is 0.317 e. The van der Waals surface area contributed by atoms with Crippen LogP contribution in [0.25, 0.3) is 11.4 Å². The van der Waals surface area contributed by atoms with Crippen molar-refractivity contribution in [3.05, 3.63) is 60.4 Å². The van der Waals surface area contributed by atoms with Crippen molar-refractivity contribution in [2.45, 2.75) is 18.9 Å². The average molecular weight is 338 g/mol. The SMILES string of the molecule is O=C(NCc1ccco1)N1CC[C@@H](c2nc(-c3ccccc3)no2)C1. The van der Waals surface area contributed by atoms with E-state index >= 15 is 0 Å². The summed E-state index contributed by atoms with van der Waals surface area (Å²) in [5.41, 5.74) is 0.920. The third-order valence-electron chi connectivity index (χ3n) is 4.29. The Morgan fingerprint density at radius 3 is 2.92 bits per heavy atom. The lowest BCUT2D eigenvalue weighted by atomic mass is 10.1. The van der Waals surface area contributed by atoms with Crippen LogP contribution in [0.1, 0.15) is 24.0 Å². The second-order valence-electron chi connectivity index (χ2n) is 5.99. The highest BCUT2D eigenvalue weighted by Crippen LogP contribution is 2.27. The maximum absolute atomic E-state index is 12.3. The van der Waals surface area contributed by atoms with E-state index in [1.807, 2.05) is 36.4 Å². The molecule has 1 aromatic carbocycles. The molecule has 0 radical (unpaired) electrons. The lowest BCUT2D eigenvalue weighted by Crippen LogP contribution is -2.37. The van der Waals surface area contributed by atoms with Gasteiger partial charge in [0.15, 0.2) is 0 Å². The van der Waals surface area contributed by atoms with Gasteiger partial charge in [0.1, 0.15) is 5.76 Å². The van der Waals surface area contributed by atoms with Gasteiger partial charge < -0.3 is 19.2 Å². The second-order valence-corrected chi connectivity index (χ2v) is 5.99. The van der Waals surface area contributed by atoms with Crippen molar-refractivity contribution in [2.24, 2.45) is 0 Å². The van der Waals surface area contributed by atoms with E-state index in [4.69, 9.17) is 8.94 Å². The molecule has 2 amide bonds. The van der Waals surface area contributed by atoms with Crippen LogP contribution in [0.15, 0.2) is 57.7 Å². The lowest BCUT2D eigenvalue weighted by molar-refractivity contribution is 0.206. The number of hydrogen-bond acceptors (Lipinski definition) is 5. The number of aromatic nitrogens is 2. The van der Waals surface area contributed by atoms with Gasteiger partial charge in [0, 0.05) is 18.7 Å². The predicted octanol–water partition coefficient (Wildman–Crippen LogP) is 3.03. The number of benzene rings is 1. The molecular formula is C18H18N4O3. The smallest absolute Gasteiger partial charge is 0.317 e. The number of likely N-dealkylation sites (tertiary alicyclic amines) is 1. The Bertz CT molecular complexity index is 829. The van der Waals surface area contributed by atoms with Crippen LogP contribution in [-0.4, -0.2) is 34.2 Å². The summed E-state index contributed by atoms with van der Waals surface area (Å²) in [5.74, 6) is 1.96. The predicted molar refractivity (Wildman–Crippen MR) is 89.6 cm³/mol. The molecule has 4 rings (SSSR count). The highest BCUT2D eigenvalue weighted by molar-refractivity contribution is 5.74. The van der Waals surface area contributed by atoms with E-state index in [-0.39, 0.29) is 11.9 Å².